The average Bonchev–Trinajstić information content (AvgIpc) is 3.11. The molecule has 0 amide bonds. The summed E-state index contributed by atoms with van der Waals surface area (Å²) in [5, 5.41) is 16.3. The van der Waals surface area contributed by atoms with Crippen LogP contribution in [0.3, 0.4) is 0 Å². The van der Waals surface area contributed by atoms with Crippen molar-refractivity contribution in [2.45, 2.75) is 18.6 Å². The zero-order valence-electron chi connectivity index (χ0n) is 9.65. The van der Waals surface area contributed by atoms with Crippen LogP contribution in [0.5, 0.6) is 0 Å². The summed E-state index contributed by atoms with van der Waals surface area (Å²) in [6.07, 6.45) is 4.74. The minimum Gasteiger partial charge on any atom is -0.374 e. The molecule has 0 aliphatic carbocycles. The molecule has 0 spiro atoms. The zero-order chi connectivity index (χ0) is 12.1. The summed E-state index contributed by atoms with van der Waals surface area (Å²) in [4.78, 5) is 6.19. The smallest absolute Gasteiger partial charge is 0.180 e. The van der Waals surface area contributed by atoms with E-state index in [-0.39, 0.29) is 0 Å². The molecule has 6 heteroatoms. The highest BCUT2D eigenvalue weighted by Gasteiger charge is 2.40. The van der Waals surface area contributed by atoms with Crippen molar-refractivity contribution in [2.24, 2.45) is 0 Å². The van der Waals surface area contributed by atoms with Crippen molar-refractivity contribution in [2.75, 3.05) is 18.2 Å². The monoisotopic (exact) mass is 241 g/mol. The first-order valence-corrected chi connectivity index (χ1v) is 5.97. The normalized spacial score (nSPS) is 25.8. The predicted molar refractivity (Wildman–Crippen MR) is 63.5 cm³/mol. The van der Waals surface area contributed by atoms with Gasteiger partial charge in [-0.1, -0.05) is 0 Å². The van der Waals surface area contributed by atoms with Gasteiger partial charge in [-0.3, -0.25) is 5.01 Å². The van der Waals surface area contributed by atoms with Crippen LogP contribution in [-0.2, 0) is 4.74 Å². The summed E-state index contributed by atoms with van der Waals surface area (Å²) in [6.45, 7) is 1.63. The number of ether oxygens (including phenoxy) is 1. The van der Waals surface area contributed by atoms with Gasteiger partial charge in [-0.2, -0.15) is 15.2 Å². The van der Waals surface area contributed by atoms with Gasteiger partial charge in [0.1, 0.15) is 6.07 Å². The molecule has 90 valence electrons. The van der Waals surface area contributed by atoms with Crippen molar-refractivity contribution in [3.8, 4) is 6.07 Å². The van der Waals surface area contributed by atoms with Gasteiger partial charge in [-0.25, -0.2) is 4.98 Å². The molecular weight excluding hydrogens is 230 g/mol. The third kappa shape index (κ3) is 1.25. The van der Waals surface area contributed by atoms with Crippen LogP contribution in [0.2, 0.25) is 0 Å². The van der Waals surface area contributed by atoms with Crippen molar-refractivity contribution < 1.29 is 4.74 Å². The number of fused-ring (bicyclic) bond motifs is 3. The number of rotatable bonds is 1. The Bertz CT molecular complexity index is 658. The molecule has 18 heavy (non-hydrogen) atoms. The molecule has 2 aromatic rings. The number of nitriles is 1. The Morgan fingerprint density at radius 2 is 2.39 bits per heavy atom. The lowest BCUT2D eigenvalue weighted by molar-refractivity contribution is 0.0899. The number of morpholine rings is 1. The molecule has 4 rings (SSSR count). The molecule has 0 aromatic carbocycles. The fourth-order valence-corrected chi connectivity index (χ4v) is 2.77. The van der Waals surface area contributed by atoms with Gasteiger partial charge in [0.2, 0.25) is 0 Å². The third-order valence-corrected chi connectivity index (χ3v) is 3.63. The third-order valence-electron chi connectivity index (χ3n) is 3.63. The van der Waals surface area contributed by atoms with Crippen molar-refractivity contribution in [3.05, 3.63) is 24.0 Å². The molecule has 2 aliphatic rings. The van der Waals surface area contributed by atoms with E-state index in [0.717, 1.165) is 30.6 Å². The minimum atomic E-state index is 0.327. The summed E-state index contributed by atoms with van der Waals surface area (Å²) in [5.41, 5.74) is 1.37. The largest absolute Gasteiger partial charge is 0.374 e. The zero-order valence-corrected chi connectivity index (χ0v) is 9.65. The predicted octanol–water partition coefficient (Wildman–Crippen LogP) is 0.412. The van der Waals surface area contributed by atoms with E-state index in [2.05, 4.69) is 21.2 Å². The van der Waals surface area contributed by atoms with E-state index in [4.69, 9.17) is 10.00 Å². The second-order valence-electron chi connectivity index (χ2n) is 4.75. The first-order chi connectivity index (χ1) is 8.85. The summed E-state index contributed by atoms with van der Waals surface area (Å²) in [7, 11) is 0. The molecule has 2 saturated heterocycles. The van der Waals surface area contributed by atoms with Gasteiger partial charge in [0.05, 0.1) is 37.1 Å². The van der Waals surface area contributed by atoms with Crippen LogP contribution in [-0.4, -0.2) is 40.2 Å². The van der Waals surface area contributed by atoms with Crippen molar-refractivity contribution in [3.63, 3.8) is 0 Å². The van der Waals surface area contributed by atoms with Gasteiger partial charge in [0, 0.05) is 11.6 Å². The van der Waals surface area contributed by atoms with E-state index in [9.17, 15) is 0 Å². The Labute approximate surface area is 103 Å². The maximum atomic E-state index is 8.86. The van der Waals surface area contributed by atoms with E-state index in [0.29, 0.717) is 17.7 Å². The van der Waals surface area contributed by atoms with E-state index in [1.807, 2.05) is 10.9 Å². The molecule has 2 aromatic heterocycles. The number of pyridine rings is 1. The van der Waals surface area contributed by atoms with Crippen LogP contribution in [0, 0.1) is 11.3 Å². The molecule has 2 aliphatic heterocycles. The first kappa shape index (κ1) is 9.85. The van der Waals surface area contributed by atoms with Gasteiger partial charge < -0.3 is 4.74 Å². The lowest BCUT2D eigenvalue weighted by Crippen LogP contribution is -2.45. The number of hydrogen-bond donors (Lipinski definition) is 0. The lowest BCUT2D eigenvalue weighted by Gasteiger charge is -2.28. The highest BCUT2D eigenvalue weighted by Crippen LogP contribution is 2.27. The van der Waals surface area contributed by atoms with Crippen LogP contribution >= 0.6 is 0 Å². The van der Waals surface area contributed by atoms with Gasteiger partial charge in [0.25, 0.3) is 0 Å². The van der Waals surface area contributed by atoms with Gasteiger partial charge in [0.15, 0.2) is 5.65 Å². The number of nitrogens with zero attached hydrogens (tertiary/aromatic N) is 5. The number of aromatic nitrogens is 3. The Morgan fingerprint density at radius 1 is 1.44 bits per heavy atom. The van der Waals surface area contributed by atoms with Gasteiger partial charge in [-0.05, 0) is 12.5 Å². The topological polar surface area (TPSA) is 67.0 Å². The SMILES string of the molecule is N#Cc1cnc2c(cnn2N2C[C@H]3C[C@@H]2CO3)c1. The Balaban J connectivity index is 1.80. The quantitative estimate of drug-likeness (QED) is 0.723. The summed E-state index contributed by atoms with van der Waals surface area (Å²) >= 11 is 0. The summed E-state index contributed by atoms with van der Waals surface area (Å²) in [5.74, 6) is 0. The lowest BCUT2D eigenvalue weighted by atomic mass is 10.2. The van der Waals surface area contributed by atoms with E-state index >= 15 is 0 Å². The molecule has 2 atom stereocenters. The summed E-state index contributed by atoms with van der Waals surface area (Å²) < 4.78 is 5.58. The molecule has 2 fully saturated rings. The second kappa shape index (κ2) is 3.43. The van der Waals surface area contributed by atoms with E-state index in [1.165, 1.54) is 0 Å². The van der Waals surface area contributed by atoms with Crippen LogP contribution in [0.1, 0.15) is 12.0 Å². The Morgan fingerprint density at radius 3 is 3.11 bits per heavy atom. The van der Waals surface area contributed by atoms with Crippen molar-refractivity contribution >= 4 is 11.0 Å². The van der Waals surface area contributed by atoms with Gasteiger partial charge >= 0.3 is 0 Å². The van der Waals surface area contributed by atoms with Crippen LogP contribution in [0.4, 0.5) is 0 Å². The van der Waals surface area contributed by atoms with Gasteiger partial charge in [-0.15, -0.1) is 0 Å². The fraction of sp³-hybridized carbons (Fsp3) is 0.417. The van der Waals surface area contributed by atoms with Crippen LogP contribution in [0.25, 0.3) is 11.0 Å². The van der Waals surface area contributed by atoms with Crippen molar-refractivity contribution in [1.82, 2.24) is 14.9 Å². The fourth-order valence-electron chi connectivity index (χ4n) is 2.77. The molecule has 0 saturated carbocycles. The van der Waals surface area contributed by atoms with E-state index < -0.39 is 0 Å². The second-order valence-corrected chi connectivity index (χ2v) is 4.75. The molecule has 6 nitrogen and oxygen atoms in total. The Hall–Kier alpha value is -2.13. The molecule has 0 N–H and O–H groups in total. The molecular formula is C12H11N5O. The highest BCUT2D eigenvalue weighted by molar-refractivity contribution is 5.76. The average molecular weight is 241 g/mol. The minimum absolute atomic E-state index is 0.327. The maximum absolute atomic E-state index is 8.86. The van der Waals surface area contributed by atoms with Crippen LogP contribution < -0.4 is 5.01 Å². The standard InChI is InChI=1S/C12H11N5O/c13-3-8-1-9-5-15-17(12(9)14-4-8)16-6-11-2-10(16)7-18-11/h1,4-5,10-11H,2,6-7H2/t10-,11-/m1/s1. The highest BCUT2D eigenvalue weighted by atomic mass is 16.5. The molecule has 0 radical (unpaired) electrons. The first-order valence-electron chi connectivity index (χ1n) is 5.97. The maximum Gasteiger partial charge on any atom is 0.180 e. The Kier molecular flexibility index (Phi) is 1.88. The van der Waals surface area contributed by atoms with Crippen LogP contribution in [0.15, 0.2) is 18.5 Å². The number of hydrogen-bond acceptors (Lipinski definition) is 5. The van der Waals surface area contributed by atoms with Crippen molar-refractivity contribution in [1.29, 1.82) is 5.26 Å². The molecule has 4 heterocycles. The summed E-state index contributed by atoms with van der Waals surface area (Å²) in [6, 6.07) is 4.31. The van der Waals surface area contributed by atoms with E-state index in [1.54, 1.807) is 12.4 Å². The molecule has 0 unspecified atom stereocenters. The molecule has 2 bridgehead atoms.